The third-order valence-corrected chi connectivity index (χ3v) is 9.50. The summed E-state index contributed by atoms with van der Waals surface area (Å²) in [6, 6.07) is 0. The molecule has 28 heavy (non-hydrogen) atoms. The van der Waals surface area contributed by atoms with E-state index in [0.717, 1.165) is 24.8 Å². The molecule has 156 valence electrons. The summed E-state index contributed by atoms with van der Waals surface area (Å²) in [5, 5.41) is 45.0. The molecule has 1 aliphatic heterocycles. The Balaban J connectivity index is 1.49. The molecule has 0 bridgehead atoms. The van der Waals surface area contributed by atoms with E-state index in [0.29, 0.717) is 38.7 Å². The second-order valence-electron chi connectivity index (χ2n) is 10.4. The van der Waals surface area contributed by atoms with Crippen LogP contribution in [0.15, 0.2) is 11.6 Å². The van der Waals surface area contributed by atoms with Gasteiger partial charge in [-0.25, -0.2) is 4.79 Å². The fraction of sp³-hybridized carbons (Fsp3) is 0.864. The number of hydrogen-bond donors (Lipinski definition) is 4. The van der Waals surface area contributed by atoms with Crippen molar-refractivity contribution in [2.24, 2.45) is 23.2 Å². The van der Waals surface area contributed by atoms with Crippen LogP contribution in [0.5, 0.6) is 0 Å². The van der Waals surface area contributed by atoms with Crippen LogP contribution in [0.4, 0.5) is 0 Å². The normalized spacial score (nSPS) is 55.8. The maximum absolute atomic E-state index is 12.0. The van der Waals surface area contributed by atoms with E-state index in [1.165, 1.54) is 0 Å². The Morgan fingerprint density at radius 3 is 2.36 bits per heavy atom. The molecule has 0 unspecified atom stereocenters. The average molecular weight is 392 g/mol. The molecular formula is C22H32O6. The molecule has 0 saturated heterocycles. The molecular weight excluding hydrogens is 360 g/mol. The molecule has 6 nitrogen and oxygen atoms in total. The van der Waals surface area contributed by atoms with Crippen LogP contribution in [0, 0.1) is 23.2 Å². The summed E-state index contributed by atoms with van der Waals surface area (Å²) < 4.78 is 5.14. The van der Waals surface area contributed by atoms with Gasteiger partial charge in [-0.3, -0.25) is 0 Å². The Morgan fingerprint density at radius 1 is 0.964 bits per heavy atom. The highest BCUT2D eigenvalue weighted by Crippen LogP contribution is 2.68. The van der Waals surface area contributed by atoms with E-state index in [9.17, 15) is 25.2 Å². The number of carbonyl (C=O) groups excluding carboxylic acids is 1. The first-order valence-corrected chi connectivity index (χ1v) is 10.9. The van der Waals surface area contributed by atoms with Gasteiger partial charge in [-0.05, 0) is 74.7 Å². The van der Waals surface area contributed by atoms with Gasteiger partial charge in [-0.15, -0.1) is 0 Å². The van der Waals surface area contributed by atoms with Gasteiger partial charge in [0.05, 0.1) is 22.9 Å². The van der Waals surface area contributed by atoms with Gasteiger partial charge in [0.25, 0.3) is 0 Å². The molecule has 4 N–H and O–H groups in total. The third kappa shape index (κ3) is 2.21. The van der Waals surface area contributed by atoms with Gasteiger partial charge >= 0.3 is 5.97 Å². The molecule has 8 atom stereocenters. The maximum atomic E-state index is 12.0. The summed E-state index contributed by atoms with van der Waals surface area (Å²) in [7, 11) is 0. The molecule has 0 amide bonds. The Hall–Kier alpha value is -0.950. The van der Waals surface area contributed by atoms with Gasteiger partial charge in [0.1, 0.15) is 6.61 Å². The predicted octanol–water partition coefficient (Wildman–Crippen LogP) is 1.44. The van der Waals surface area contributed by atoms with Crippen molar-refractivity contribution in [3.63, 3.8) is 0 Å². The van der Waals surface area contributed by atoms with E-state index in [1.54, 1.807) is 6.08 Å². The van der Waals surface area contributed by atoms with Crippen molar-refractivity contribution in [3.8, 4) is 0 Å². The maximum Gasteiger partial charge on any atom is 0.331 e. The minimum atomic E-state index is -1.26. The van der Waals surface area contributed by atoms with Gasteiger partial charge in [-0.2, -0.15) is 0 Å². The van der Waals surface area contributed by atoms with E-state index in [1.807, 2.05) is 0 Å². The van der Waals surface area contributed by atoms with Crippen molar-refractivity contribution < 1.29 is 30.0 Å². The van der Waals surface area contributed by atoms with Crippen LogP contribution in [-0.2, 0) is 9.53 Å². The van der Waals surface area contributed by atoms with Gasteiger partial charge < -0.3 is 25.2 Å². The summed E-state index contributed by atoms with van der Waals surface area (Å²) in [5.74, 6) is -0.407. The highest BCUT2D eigenvalue weighted by atomic mass is 16.5. The average Bonchev–Trinajstić information content (AvgIpc) is 3.17. The molecule has 0 aromatic heterocycles. The fourth-order valence-electron chi connectivity index (χ4n) is 7.99. The summed E-state index contributed by atoms with van der Waals surface area (Å²) in [6.07, 6.45) is 6.17. The highest BCUT2D eigenvalue weighted by molar-refractivity contribution is 5.85. The van der Waals surface area contributed by atoms with Gasteiger partial charge in [-0.1, -0.05) is 6.92 Å². The number of hydrogen-bond acceptors (Lipinski definition) is 6. The van der Waals surface area contributed by atoms with Crippen LogP contribution in [0.3, 0.4) is 0 Å². The second kappa shape index (κ2) is 5.81. The first kappa shape index (κ1) is 19.0. The summed E-state index contributed by atoms with van der Waals surface area (Å²) in [5.41, 5.74) is -2.78. The van der Waals surface area contributed by atoms with Crippen LogP contribution in [0.2, 0.25) is 0 Å². The number of aliphatic hydroxyl groups excluding tert-OH is 1. The van der Waals surface area contributed by atoms with E-state index >= 15 is 0 Å². The molecule has 1 heterocycles. The minimum Gasteiger partial charge on any atom is -0.458 e. The zero-order chi connectivity index (χ0) is 19.9. The quantitative estimate of drug-likeness (QED) is 0.503. The lowest BCUT2D eigenvalue weighted by atomic mass is 9.45. The molecule has 0 radical (unpaired) electrons. The summed E-state index contributed by atoms with van der Waals surface area (Å²) >= 11 is 0. The Labute approximate surface area is 165 Å². The minimum absolute atomic E-state index is 0.0737. The first-order chi connectivity index (χ1) is 13.1. The van der Waals surface area contributed by atoms with Crippen LogP contribution in [-0.4, -0.2) is 55.9 Å². The SMILES string of the molecule is C[C@]12CC[C@@H]3[C@H](CC[C@]4(O)C[C@H](O)CC[C@]34O)[C@@]1(O)CC[C@H]2C1=CC(=O)OC1. The zero-order valence-corrected chi connectivity index (χ0v) is 16.6. The Morgan fingerprint density at radius 2 is 1.64 bits per heavy atom. The molecule has 0 aromatic rings. The summed E-state index contributed by atoms with van der Waals surface area (Å²) in [6.45, 7) is 2.46. The number of aliphatic hydroxyl groups is 4. The lowest BCUT2D eigenvalue weighted by Crippen LogP contribution is -2.71. The smallest absolute Gasteiger partial charge is 0.331 e. The standard InChI is InChI=1S/C22H32O6/c1-19-6-3-17-16(4-7-20(25)11-14(23)2-8-22(17,20)27)21(19,26)9-5-15(19)13-10-18(24)28-12-13/h10,14-17,23,25-27H,2-9,11-12H2,1H3/t14-,15+,16+,17-,19-,20+,21+,22+/m1/s1. The fourth-order valence-corrected chi connectivity index (χ4v) is 7.99. The highest BCUT2D eigenvalue weighted by Gasteiger charge is 2.71. The van der Waals surface area contributed by atoms with E-state index < -0.39 is 22.9 Å². The summed E-state index contributed by atoms with van der Waals surface area (Å²) in [4.78, 5) is 11.6. The number of ether oxygens (including phenoxy) is 1. The second-order valence-corrected chi connectivity index (χ2v) is 10.4. The molecule has 5 aliphatic rings. The van der Waals surface area contributed by atoms with Crippen molar-refractivity contribution >= 4 is 5.97 Å². The predicted molar refractivity (Wildman–Crippen MR) is 100 cm³/mol. The van der Waals surface area contributed by atoms with Crippen molar-refractivity contribution in [1.82, 2.24) is 0 Å². The van der Waals surface area contributed by atoms with Crippen LogP contribution < -0.4 is 0 Å². The number of rotatable bonds is 1. The van der Waals surface area contributed by atoms with E-state index in [2.05, 4.69) is 6.92 Å². The number of cyclic esters (lactones) is 1. The molecule has 0 aromatic carbocycles. The zero-order valence-electron chi connectivity index (χ0n) is 16.6. The molecule has 4 fully saturated rings. The molecule has 4 aliphatic carbocycles. The van der Waals surface area contributed by atoms with Crippen molar-refractivity contribution in [1.29, 1.82) is 0 Å². The molecule has 5 rings (SSSR count). The third-order valence-electron chi connectivity index (χ3n) is 9.50. The van der Waals surface area contributed by atoms with E-state index in [4.69, 9.17) is 4.74 Å². The number of esters is 1. The first-order valence-electron chi connectivity index (χ1n) is 10.9. The number of carbonyl (C=O) groups is 1. The van der Waals surface area contributed by atoms with Crippen molar-refractivity contribution in [2.45, 2.75) is 87.6 Å². The number of fused-ring (bicyclic) bond motifs is 5. The van der Waals surface area contributed by atoms with Gasteiger partial charge in [0, 0.05) is 17.9 Å². The topological polar surface area (TPSA) is 107 Å². The van der Waals surface area contributed by atoms with Gasteiger partial charge in [0.15, 0.2) is 0 Å². The molecule has 0 spiro atoms. The Bertz CT molecular complexity index is 735. The lowest BCUT2D eigenvalue weighted by molar-refractivity contribution is -0.288. The van der Waals surface area contributed by atoms with Crippen LogP contribution >= 0.6 is 0 Å². The Kier molecular flexibility index (Phi) is 3.95. The van der Waals surface area contributed by atoms with Gasteiger partial charge in [0.2, 0.25) is 0 Å². The largest absolute Gasteiger partial charge is 0.458 e. The monoisotopic (exact) mass is 392 g/mol. The van der Waals surface area contributed by atoms with Crippen molar-refractivity contribution in [2.75, 3.05) is 6.61 Å². The van der Waals surface area contributed by atoms with Crippen molar-refractivity contribution in [3.05, 3.63) is 11.6 Å². The molecule has 6 heteroatoms. The molecule has 4 saturated carbocycles. The van der Waals surface area contributed by atoms with E-state index in [-0.39, 0.29) is 35.6 Å². The van der Waals surface area contributed by atoms with Crippen LogP contribution in [0.1, 0.15) is 64.7 Å². The van der Waals surface area contributed by atoms with Crippen LogP contribution in [0.25, 0.3) is 0 Å². The lowest BCUT2D eigenvalue weighted by Gasteiger charge is -2.64.